The Morgan fingerprint density at radius 2 is 1.97 bits per heavy atom. The van der Waals surface area contributed by atoms with Gasteiger partial charge in [0.25, 0.3) is 5.91 Å². The molecule has 6 radical (unpaired) electrons. The number of carbonyl (C=O) groups is 1. The van der Waals surface area contributed by atoms with Crippen LogP contribution in [0.1, 0.15) is 35.1 Å². The van der Waals surface area contributed by atoms with Gasteiger partial charge >= 0.3 is 0 Å². The van der Waals surface area contributed by atoms with Crippen molar-refractivity contribution in [2.75, 3.05) is 18.4 Å². The SMILES string of the molecule is [B]C([B])([B])n1cc(-c2ccc3cnc(NC(=O)c4coc(C5CCNCC5)n4)nc3c2)cn1. The van der Waals surface area contributed by atoms with Crippen LogP contribution in [0.5, 0.6) is 0 Å². The normalized spacial score (nSPS) is 15.0. The third-order valence-electron chi connectivity index (χ3n) is 5.56. The van der Waals surface area contributed by atoms with Crippen molar-refractivity contribution in [1.29, 1.82) is 0 Å². The zero-order chi connectivity index (χ0) is 23.0. The summed E-state index contributed by atoms with van der Waals surface area (Å²) in [5.41, 5.74) is 2.43. The maximum absolute atomic E-state index is 12.7. The quantitative estimate of drug-likeness (QED) is 0.457. The third-order valence-corrected chi connectivity index (χ3v) is 5.56. The highest BCUT2D eigenvalue weighted by Gasteiger charge is 2.22. The van der Waals surface area contributed by atoms with Crippen LogP contribution < -0.4 is 10.6 Å². The zero-order valence-corrected chi connectivity index (χ0v) is 17.7. The minimum Gasteiger partial charge on any atom is -0.448 e. The maximum atomic E-state index is 12.7. The number of anilines is 1. The van der Waals surface area contributed by atoms with E-state index in [1.807, 2.05) is 18.2 Å². The Morgan fingerprint density at radius 3 is 2.73 bits per heavy atom. The van der Waals surface area contributed by atoms with Crippen molar-refractivity contribution in [3.05, 3.63) is 54.6 Å². The molecule has 158 valence electrons. The number of oxazole rings is 1. The average Bonchev–Trinajstić information content (AvgIpc) is 3.49. The van der Waals surface area contributed by atoms with Crippen LogP contribution in [0.15, 0.2) is 47.5 Å². The van der Waals surface area contributed by atoms with Crippen molar-refractivity contribution >= 4 is 46.3 Å². The highest BCUT2D eigenvalue weighted by Crippen LogP contribution is 2.26. The zero-order valence-electron chi connectivity index (χ0n) is 17.7. The van der Waals surface area contributed by atoms with Gasteiger partial charge < -0.3 is 9.73 Å². The maximum Gasteiger partial charge on any atom is 0.279 e. The summed E-state index contributed by atoms with van der Waals surface area (Å²) in [7, 11) is 17.0. The lowest BCUT2D eigenvalue weighted by Gasteiger charge is -2.20. The van der Waals surface area contributed by atoms with Crippen LogP contribution in [0.25, 0.3) is 22.0 Å². The van der Waals surface area contributed by atoms with Gasteiger partial charge in [0.1, 0.15) is 6.26 Å². The predicted molar refractivity (Wildman–Crippen MR) is 125 cm³/mol. The van der Waals surface area contributed by atoms with Gasteiger partial charge in [0, 0.05) is 29.3 Å². The summed E-state index contributed by atoms with van der Waals surface area (Å²) in [6, 6.07) is 5.62. The Hall–Kier alpha value is -3.40. The average molecular weight is 433 g/mol. The van der Waals surface area contributed by atoms with Crippen molar-refractivity contribution in [2.45, 2.75) is 24.0 Å². The third kappa shape index (κ3) is 4.56. The van der Waals surface area contributed by atoms with E-state index >= 15 is 0 Å². The smallest absolute Gasteiger partial charge is 0.279 e. The standard InChI is InChI=1S/C21H18B3N7O2/c22-21(23,24)31-10-15(9-27-31)13-1-2-14-8-26-20(29-16(14)7-13)30-18(32)17-11-33-19(28-17)12-3-5-25-6-4-12/h1-2,7-12,25H,3-6H2,(H,26,29,30,32). The Labute approximate surface area is 194 Å². The fourth-order valence-corrected chi connectivity index (χ4v) is 3.76. The van der Waals surface area contributed by atoms with E-state index in [4.69, 9.17) is 28.0 Å². The largest absolute Gasteiger partial charge is 0.448 e. The first kappa shape index (κ1) is 21.5. The molecule has 1 aliphatic rings. The second-order valence-corrected chi connectivity index (χ2v) is 8.08. The highest BCUT2D eigenvalue weighted by atomic mass is 16.3. The first-order chi connectivity index (χ1) is 15.9. The lowest BCUT2D eigenvalue weighted by Crippen LogP contribution is -2.35. The Kier molecular flexibility index (Phi) is 5.53. The number of amides is 1. The molecule has 2 N–H and O–H groups in total. The fourth-order valence-electron chi connectivity index (χ4n) is 3.76. The molecule has 3 aromatic heterocycles. The Morgan fingerprint density at radius 1 is 1.15 bits per heavy atom. The van der Waals surface area contributed by atoms with Crippen molar-refractivity contribution < 1.29 is 9.21 Å². The van der Waals surface area contributed by atoms with E-state index in [2.05, 4.69) is 30.7 Å². The molecular formula is C21H18B3N7O2. The molecule has 1 fully saturated rings. The van der Waals surface area contributed by atoms with Crippen LogP contribution in [0.4, 0.5) is 5.95 Å². The molecule has 1 aromatic carbocycles. The van der Waals surface area contributed by atoms with Gasteiger partial charge in [0.2, 0.25) is 5.95 Å². The Bertz CT molecular complexity index is 1310. The van der Waals surface area contributed by atoms with E-state index in [9.17, 15) is 4.79 Å². The molecule has 4 heterocycles. The minimum absolute atomic E-state index is 0.164. The summed E-state index contributed by atoms with van der Waals surface area (Å²) in [5, 5.41) is 9.30. The van der Waals surface area contributed by atoms with E-state index in [0.29, 0.717) is 11.4 Å². The molecule has 0 saturated carbocycles. The molecule has 4 aromatic rings. The molecule has 12 heteroatoms. The van der Waals surface area contributed by atoms with Gasteiger partial charge in [-0.25, -0.2) is 15.0 Å². The summed E-state index contributed by atoms with van der Waals surface area (Å²) in [5.74, 6) is 0.538. The molecule has 0 aliphatic carbocycles. The topological polar surface area (TPSA) is 111 Å². The van der Waals surface area contributed by atoms with Crippen molar-refractivity contribution in [3.63, 3.8) is 0 Å². The number of piperidine rings is 1. The second kappa shape index (κ2) is 8.51. The molecule has 0 unspecified atom stereocenters. The molecule has 1 amide bonds. The van der Waals surface area contributed by atoms with Crippen molar-refractivity contribution in [2.24, 2.45) is 0 Å². The number of aromatic nitrogens is 5. The van der Waals surface area contributed by atoms with Crippen LogP contribution in [0.2, 0.25) is 0 Å². The van der Waals surface area contributed by atoms with Crippen LogP contribution in [0.3, 0.4) is 0 Å². The Balaban J connectivity index is 1.35. The molecule has 0 atom stereocenters. The van der Waals surface area contributed by atoms with Crippen molar-refractivity contribution in [1.82, 2.24) is 30.0 Å². The predicted octanol–water partition coefficient (Wildman–Crippen LogP) is 1.27. The number of nitrogens with one attached hydrogen (secondary N) is 2. The van der Waals surface area contributed by atoms with Crippen molar-refractivity contribution in [3.8, 4) is 11.1 Å². The first-order valence-corrected chi connectivity index (χ1v) is 10.5. The number of hydrogen-bond donors (Lipinski definition) is 2. The number of nitrogens with zero attached hydrogens (tertiary/aromatic N) is 5. The van der Waals surface area contributed by atoms with E-state index < -0.39 is 11.1 Å². The number of carbonyl (C=O) groups excluding carboxylic acids is 1. The minimum atomic E-state index is -1.59. The number of fused-ring (bicyclic) bond motifs is 1. The molecular weight excluding hydrogens is 415 g/mol. The number of benzene rings is 1. The molecule has 1 saturated heterocycles. The number of hydrogen-bond acceptors (Lipinski definition) is 7. The van der Waals surface area contributed by atoms with E-state index in [1.165, 1.54) is 10.9 Å². The molecule has 1 aliphatic heterocycles. The van der Waals surface area contributed by atoms with Gasteiger partial charge in [-0.1, -0.05) is 12.1 Å². The van der Waals surface area contributed by atoms with Crippen LogP contribution in [-0.4, -0.2) is 67.3 Å². The van der Waals surface area contributed by atoms with E-state index in [-0.39, 0.29) is 17.6 Å². The lowest BCUT2D eigenvalue weighted by atomic mass is 9.49. The summed E-state index contributed by atoms with van der Waals surface area (Å²) in [6.07, 6.45) is 8.13. The summed E-state index contributed by atoms with van der Waals surface area (Å²) in [6.45, 7) is 1.82. The fraction of sp³-hybridized carbons (Fsp3) is 0.286. The van der Waals surface area contributed by atoms with E-state index in [0.717, 1.165) is 42.4 Å². The number of rotatable bonds is 5. The van der Waals surface area contributed by atoms with E-state index in [1.54, 1.807) is 18.6 Å². The second-order valence-electron chi connectivity index (χ2n) is 8.08. The molecule has 0 spiro atoms. The van der Waals surface area contributed by atoms with Gasteiger partial charge in [-0.15, -0.1) is 0 Å². The lowest BCUT2D eigenvalue weighted by molar-refractivity contribution is 0.102. The molecule has 0 bridgehead atoms. The van der Waals surface area contributed by atoms with Crippen LogP contribution in [-0.2, 0) is 5.24 Å². The summed E-state index contributed by atoms with van der Waals surface area (Å²) >= 11 is 0. The monoisotopic (exact) mass is 433 g/mol. The molecule has 5 rings (SSSR count). The van der Waals surface area contributed by atoms with Crippen LogP contribution in [0, 0.1) is 0 Å². The van der Waals surface area contributed by atoms with Crippen LogP contribution >= 0.6 is 0 Å². The highest BCUT2D eigenvalue weighted by molar-refractivity contribution is 6.56. The molecule has 33 heavy (non-hydrogen) atoms. The summed E-state index contributed by atoms with van der Waals surface area (Å²) < 4.78 is 6.82. The van der Waals surface area contributed by atoms with Gasteiger partial charge in [-0.3, -0.25) is 14.8 Å². The van der Waals surface area contributed by atoms with Gasteiger partial charge in [0.05, 0.1) is 35.3 Å². The molecule has 9 nitrogen and oxygen atoms in total. The first-order valence-electron chi connectivity index (χ1n) is 10.5. The summed E-state index contributed by atoms with van der Waals surface area (Å²) in [4.78, 5) is 25.7. The van der Waals surface area contributed by atoms with Gasteiger partial charge in [-0.05, 0) is 42.8 Å². The van der Waals surface area contributed by atoms with Gasteiger partial charge in [0.15, 0.2) is 11.6 Å². The van der Waals surface area contributed by atoms with Gasteiger partial charge in [-0.2, -0.15) is 5.10 Å².